The highest BCUT2D eigenvalue weighted by Crippen LogP contribution is 2.29. The highest BCUT2D eigenvalue weighted by atomic mass is 32.2. The third-order valence-electron chi connectivity index (χ3n) is 4.64. The largest absolute Gasteiger partial charge is 0.479 e. The minimum absolute atomic E-state index is 0.147. The van der Waals surface area contributed by atoms with Crippen molar-refractivity contribution in [3.63, 3.8) is 0 Å². The van der Waals surface area contributed by atoms with Gasteiger partial charge in [-0.3, -0.25) is 9.48 Å². The van der Waals surface area contributed by atoms with Gasteiger partial charge in [-0.05, 0) is 64.1 Å². The molecule has 192 valence electrons. The van der Waals surface area contributed by atoms with Crippen molar-refractivity contribution in [1.82, 2.24) is 9.78 Å². The summed E-state index contributed by atoms with van der Waals surface area (Å²) >= 11 is 0. The normalized spacial score (nSPS) is 12.5. The number of rotatable bonds is 8. The molecule has 1 aromatic heterocycles. The molecule has 3 aromatic rings. The molecule has 10 nitrogen and oxygen atoms in total. The zero-order chi connectivity index (χ0) is 26.7. The second-order valence-corrected chi connectivity index (χ2v) is 11.2. The lowest BCUT2D eigenvalue weighted by atomic mass is 10.1. The SMILES string of the molecule is CC(Oc1cc(Oc2ccc(S(C)(=O)=O)cc2)cc(C(=O)Nc2ccn(C)n2)c1)C(=O)OC(C)(C)C. The van der Waals surface area contributed by atoms with E-state index < -0.39 is 33.4 Å². The number of aromatic nitrogens is 2. The molecule has 0 spiro atoms. The Morgan fingerprint density at radius 1 is 1.00 bits per heavy atom. The average molecular weight is 516 g/mol. The smallest absolute Gasteiger partial charge is 0.347 e. The first-order valence-corrected chi connectivity index (χ1v) is 12.9. The molecular weight excluding hydrogens is 486 g/mol. The minimum atomic E-state index is -3.36. The molecule has 0 fully saturated rings. The monoisotopic (exact) mass is 515 g/mol. The fourth-order valence-corrected chi connectivity index (χ4v) is 3.66. The van der Waals surface area contributed by atoms with E-state index >= 15 is 0 Å². The number of benzene rings is 2. The number of carbonyl (C=O) groups is 2. The average Bonchev–Trinajstić information content (AvgIpc) is 3.16. The molecule has 0 bridgehead atoms. The zero-order valence-corrected chi connectivity index (χ0v) is 21.8. The lowest BCUT2D eigenvalue weighted by Gasteiger charge is -2.23. The van der Waals surface area contributed by atoms with Crippen LogP contribution in [0.1, 0.15) is 38.1 Å². The third kappa shape index (κ3) is 7.57. The molecule has 1 unspecified atom stereocenters. The molecule has 1 heterocycles. The second kappa shape index (κ2) is 10.4. The number of ether oxygens (including phenoxy) is 3. The highest BCUT2D eigenvalue weighted by molar-refractivity contribution is 7.90. The highest BCUT2D eigenvalue weighted by Gasteiger charge is 2.24. The summed E-state index contributed by atoms with van der Waals surface area (Å²) in [6, 6.07) is 12.0. The van der Waals surface area contributed by atoms with Gasteiger partial charge in [0.15, 0.2) is 21.8 Å². The molecule has 0 aliphatic carbocycles. The second-order valence-electron chi connectivity index (χ2n) is 9.16. The van der Waals surface area contributed by atoms with E-state index in [1.165, 1.54) is 42.5 Å². The first-order valence-electron chi connectivity index (χ1n) is 11.0. The van der Waals surface area contributed by atoms with Gasteiger partial charge in [0.25, 0.3) is 5.91 Å². The van der Waals surface area contributed by atoms with E-state index in [4.69, 9.17) is 14.2 Å². The number of hydrogen-bond donors (Lipinski definition) is 1. The van der Waals surface area contributed by atoms with Gasteiger partial charge in [-0.15, -0.1) is 0 Å². The van der Waals surface area contributed by atoms with Crippen LogP contribution in [0.5, 0.6) is 17.2 Å². The van der Waals surface area contributed by atoms with E-state index in [-0.39, 0.29) is 22.0 Å². The summed E-state index contributed by atoms with van der Waals surface area (Å²) in [4.78, 5) is 25.5. The van der Waals surface area contributed by atoms with E-state index in [9.17, 15) is 18.0 Å². The Labute approximate surface area is 210 Å². The van der Waals surface area contributed by atoms with Crippen LogP contribution in [0.15, 0.2) is 59.6 Å². The first kappa shape index (κ1) is 26.7. The topological polar surface area (TPSA) is 126 Å². The Bertz CT molecular complexity index is 1360. The van der Waals surface area contributed by atoms with Crippen LogP contribution in [0.25, 0.3) is 0 Å². The number of nitrogens with zero attached hydrogens (tertiary/aromatic N) is 2. The molecule has 11 heteroatoms. The zero-order valence-electron chi connectivity index (χ0n) is 20.9. The molecule has 0 aliphatic rings. The summed E-state index contributed by atoms with van der Waals surface area (Å²) in [5.74, 6) is 0.101. The van der Waals surface area contributed by atoms with Crippen molar-refractivity contribution in [1.29, 1.82) is 0 Å². The third-order valence-corrected chi connectivity index (χ3v) is 5.77. The Morgan fingerprint density at radius 2 is 1.64 bits per heavy atom. The fraction of sp³-hybridized carbons (Fsp3) is 0.320. The van der Waals surface area contributed by atoms with Gasteiger partial charge in [-0.25, -0.2) is 13.2 Å². The quantitative estimate of drug-likeness (QED) is 0.447. The summed E-state index contributed by atoms with van der Waals surface area (Å²) in [7, 11) is -1.63. The van der Waals surface area contributed by atoms with E-state index in [1.807, 2.05) is 0 Å². The van der Waals surface area contributed by atoms with Crippen LogP contribution in [0.3, 0.4) is 0 Å². The van der Waals surface area contributed by atoms with Gasteiger partial charge >= 0.3 is 5.97 Å². The van der Waals surface area contributed by atoms with Gasteiger partial charge in [0.1, 0.15) is 22.8 Å². The predicted octanol–water partition coefficient (Wildman–Crippen LogP) is 3.98. The van der Waals surface area contributed by atoms with Crippen LogP contribution in [0.4, 0.5) is 5.82 Å². The first-order chi connectivity index (χ1) is 16.7. The predicted molar refractivity (Wildman–Crippen MR) is 133 cm³/mol. The van der Waals surface area contributed by atoms with Crippen LogP contribution >= 0.6 is 0 Å². The molecule has 2 aromatic carbocycles. The molecule has 0 radical (unpaired) electrons. The van der Waals surface area contributed by atoms with Crippen LogP contribution in [0.2, 0.25) is 0 Å². The van der Waals surface area contributed by atoms with Crippen molar-refractivity contribution in [3.05, 3.63) is 60.3 Å². The molecular formula is C25H29N3O7S. The van der Waals surface area contributed by atoms with E-state index in [0.717, 1.165) is 6.26 Å². The summed E-state index contributed by atoms with van der Waals surface area (Å²) in [6.45, 7) is 6.79. The Hall–Kier alpha value is -3.86. The molecule has 0 aliphatic heterocycles. The van der Waals surface area contributed by atoms with Crippen molar-refractivity contribution in [2.75, 3.05) is 11.6 Å². The van der Waals surface area contributed by atoms with E-state index in [0.29, 0.717) is 11.6 Å². The number of sulfone groups is 1. The maximum atomic E-state index is 12.9. The molecule has 0 saturated carbocycles. The Kier molecular flexibility index (Phi) is 7.73. The van der Waals surface area contributed by atoms with Crippen molar-refractivity contribution in [3.8, 4) is 17.2 Å². The molecule has 36 heavy (non-hydrogen) atoms. The van der Waals surface area contributed by atoms with Gasteiger partial charge < -0.3 is 19.5 Å². The van der Waals surface area contributed by atoms with Crippen LogP contribution in [-0.4, -0.2) is 48.0 Å². The van der Waals surface area contributed by atoms with Crippen LogP contribution in [-0.2, 0) is 26.4 Å². The standard InChI is InChI=1S/C25H29N3O7S/c1-16(24(30)35-25(2,3)4)33-19-13-17(23(29)26-22-11-12-28(5)27-22)14-20(15-19)34-18-7-9-21(10-8-18)36(6,31)32/h7-16H,1-6H3,(H,26,27,29). The van der Waals surface area contributed by atoms with Crippen molar-refractivity contribution < 1.29 is 32.2 Å². The Morgan fingerprint density at radius 3 is 2.19 bits per heavy atom. The van der Waals surface area contributed by atoms with Gasteiger partial charge in [0.2, 0.25) is 0 Å². The molecule has 0 saturated heterocycles. The maximum absolute atomic E-state index is 12.9. The minimum Gasteiger partial charge on any atom is -0.479 e. The van der Waals surface area contributed by atoms with Gasteiger partial charge in [-0.2, -0.15) is 5.10 Å². The lowest BCUT2D eigenvalue weighted by Crippen LogP contribution is -2.33. The Balaban J connectivity index is 1.89. The van der Waals surface area contributed by atoms with Crippen molar-refractivity contribution >= 4 is 27.5 Å². The number of hydrogen-bond acceptors (Lipinski definition) is 8. The number of esters is 1. The van der Waals surface area contributed by atoms with Gasteiger partial charge in [0.05, 0.1) is 4.90 Å². The van der Waals surface area contributed by atoms with Crippen molar-refractivity contribution in [2.45, 2.75) is 44.3 Å². The molecule has 1 amide bonds. The summed E-state index contributed by atoms with van der Waals surface area (Å²) < 4.78 is 42.0. The maximum Gasteiger partial charge on any atom is 0.347 e. The number of amides is 1. The van der Waals surface area contributed by atoms with E-state index in [1.54, 1.807) is 51.7 Å². The van der Waals surface area contributed by atoms with Gasteiger partial charge in [0, 0.05) is 37.2 Å². The lowest BCUT2D eigenvalue weighted by molar-refractivity contribution is -0.162. The van der Waals surface area contributed by atoms with Gasteiger partial charge in [-0.1, -0.05) is 0 Å². The van der Waals surface area contributed by atoms with Crippen LogP contribution in [0, 0.1) is 0 Å². The van der Waals surface area contributed by atoms with Crippen molar-refractivity contribution in [2.24, 2.45) is 7.05 Å². The molecule has 1 atom stereocenters. The van der Waals surface area contributed by atoms with Crippen LogP contribution < -0.4 is 14.8 Å². The fourth-order valence-electron chi connectivity index (χ4n) is 3.03. The number of nitrogens with one attached hydrogen (secondary N) is 1. The number of aryl methyl sites for hydroxylation is 1. The number of carbonyl (C=O) groups excluding carboxylic acids is 2. The molecule has 3 rings (SSSR count). The van der Waals surface area contributed by atoms with E-state index in [2.05, 4.69) is 10.4 Å². The summed E-state index contributed by atoms with van der Waals surface area (Å²) in [5, 5.41) is 6.82. The molecule has 1 N–H and O–H groups in total. The summed E-state index contributed by atoms with van der Waals surface area (Å²) in [6.07, 6.45) is 1.84. The number of anilines is 1. The summed E-state index contributed by atoms with van der Waals surface area (Å²) in [5.41, 5.74) is -0.497.